The third-order valence-corrected chi connectivity index (χ3v) is 5.03. The predicted octanol–water partition coefficient (Wildman–Crippen LogP) is 5.11. The molecule has 3 heteroatoms. The van der Waals surface area contributed by atoms with E-state index in [-0.39, 0.29) is 11.2 Å². The fourth-order valence-corrected chi connectivity index (χ4v) is 3.42. The lowest BCUT2D eigenvalue weighted by Gasteiger charge is -2.39. The van der Waals surface area contributed by atoms with Crippen molar-refractivity contribution in [2.45, 2.75) is 54.4 Å². The Kier molecular flexibility index (Phi) is 6.53. The van der Waals surface area contributed by atoms with Crippen LogP contribution in [0.3, 0.4) is 0 Å². The summed E-state index contributed by atoms with van der Waals surface area (Å²) in [5.41, 5.74) is 12.6. The Balaban J connectivity index is 3.29. The Morgan fingerprint density at radius 3 is 2.38 bits per heavy atom. The van der Waals surface area contributed by atoms with E-state index in [0.717, 1.165) is 34.5 Å². The second-order valence-electron chi connectivity index (χ2n) is 7.35. The minimum absolute atomic E-state index is 0.166. The summed E-state index contributed by atoms with van der Waals surface area (Å²) in [5.74, 6) is 0.678. The van der Waals surface area contributed by atoms with Gasteiger partial charge in [0.1, 0.15) is 0 Å². The molecule has 0 aromatic carbocycles. The first-order valence-electron chi connectivity index (χ1n) is 8.74. The van der Waals surface area contributed by atoms with Crippen molar-refractivity contribution in [3.8, 4) is 0 Å². The summed E-state index contributed by atoms with van der Waals surface area (Å²) in [4.78, 5) is 0. The Hall–Kier alpha value is -1.90. The number of hydrogen-bond donors (Lipinski definition) is 3. The summed E-state index contributed by atoms with van der Waals surface area (Å²) in [7, 11) is 0. The van der Waals surface area contributed by atoms with E-state index in [4.69, 9.17) is 5.73 Å². The second kappa shape index (κ2) is 7.78. The van der Waals surface area contributed by atoms with Gasteiger partial charge in [0.05, 0.1) is 5.76 Å². The van der Waals surface area contributed by atoms with Crippen molar-refractivity contribution in [2.24, 2.45) is 17.1 Å². The average molecular weight is 331 g/mol. The molecule has 0 bridgehead atoms. The van der Waals surface area contributed by atoms with Gasteiger partial charge in [0, 0.05) is 29.8 Å². The molecule has 0 amide bonds. The molecule has 1 atom stereocenters. The first kappa shape index (κ1) is 20.1. The summed E-state index contributed by atoms with van der Waals surface area (Å²) in [6, 6.07) is 0. The minimum Gasteiger partial charge on any atom is -0.513 e. The third-order valence-electron chi connectivity index (χ3n) is 5.03. The molecule has 3 nitrogen and oxygen atoms in total. The van der Waals surface area contributed by atoms with Crippen molar-refractivity contribution in [1.82, 2.24) is 5.32 Å². The van der Waals surface area contributed by atoms with E-state index in [9.17, 15) is 5.11 Å². The molecule has 1 aliphatic rings. The Labute approximate surface area is 147 Å². The number of nitrogens with two attached hydrogens (primary N) is 1. The molecular weight excluding hydrogens is 296 g/mol. The molecule has 0 aromatic heterocycles. The SMILES string of the molecule is C=C(O)CCNC(=C)C1=C(C)C(N)=C(C)/C(=C\C(C)CC)C1(C)C. The number of aliphatic hydroxyl groups is 1. The minimum atomic E-state index is -0.166. The summed E-state index contributed by atoms with van der Waals surface area (Å²) < 4.78 is 0. The van der Waals surface area contributed by atoms with E-state index in [1.807, 2.05) is 0 Å². The average Bonchev–Trinajstić information content (AvgIpc) is 2.48. The van der Waals surface area contributed by atoms with Gasteiger partial charge in [0.2, 0.25) is 0 Å². The summed E-state index contributed by atoms with van der Waals surface area (Å²) in [5, 5.41) is 12.6. The Morgan fingerprint density at radius 1 is 1.29 bits per heavy atom. The predicted molar refractivity (Wildman–Crippen MR) is 104 cm³/mol. The van der Waals surface area contributed by atoms with Gasteiger partial charge in [-0.05, 0) is 42.1 Å². The molecule has 0 aliphatic heterocycles. The molecule has 0 saturated carbocycles. The highest BCUT2D eigenvalue weighted by Gasteiger charge is 2.36. The highest BCUT2D eigenvalue weighted by atomic mass is 16.3. The lowest BCUT2D eigenvalue weighted by Crippen LogP contribution is -2.32. The largest absolute Gasteiger partial charge is 0.513 e. The first-order valence-corrected chi connectivity index (χ1v) is 8.74. The van der Waals surface area contributed by atoms with Crippen molar-refractivity contribution in [2.75, 3.05) is 6.54 Å². The number of nitrogens with one attached hydrogen (secondary N) is 1. The fraction of sp³-hybridized carbons (Fsp3) is 0.524. The van der Waals surface area contributed by atoms with E-state index < -0.39 is 0 Å². The zero-order valence-corrected chi connectivity index (χ0v) is 16.2. The topological polar surface area (TPSA) is 58.3 Å². The molecule has 134 valence electrons. The Bertz CT molecular complexity index is 618. The summed E-state index contributed by atoms with van der Waals surface area (Å²) >= 11 is 0. The molecule has 4 N–H and O–H groups in total. The normalized spacial score (nSPS) is 20.3. The van der Waals surface area contributed by atoms with E-state index in [0.29, 0.717) is 18.9 Å². The van der Waals surface area contributed by atoms with Crippen LogP contribution < -0.4 is 11.1 Å². The van der Waals surface area contributed by atoms with Crippen molar-refractivity contribution in [1.29, 1.82) is 0 Å². The molecule has 1 rings (SSSR count). The Morgan fingerprint density at radius 2 is 1.88 bits per heavy atom. The van der Waals surface area contributed by atoms with Crippen LogP contribution in [0.25, 0.3) is 0 Å². The quantitative estimate of drug-likeness (QED) is 0.568. The number of aliphatic hydroxyl groups excluding tert-OH is 1. The smallest absolute Gasteiger partial charge is 0.0868 e. The summed E-state index contributed by atoms with van der Waals surface area (Å²) in [6.07, 6.45) is 3.95. The van der Waals surface area contributed by atoms with Gasteiger partial charge in [-0.2, -0.15) is 0 Å². The maximum Gasteiger partial charge on any atom is 0.0868 e. The summed E-state index contributed by atoms with van der Waals surface area (Å²) in [6.45, 7) is 21.4. The van der Waals surface area contributed by atoms with Crippen LogP contribution in [0.4, 0.5) is 0 Å². The van der Waals surface area contributed by atoms with Crippen LogP contribution >= 0.6 is 0 Å². The number of hydrogen-bond acceptors (Lipinski definition) is 3. The molecule has 0 radical (unpaired) electrons. The molecule has 24 heavy (non-hydrogen) atoms. The van der Waals surface area contributed by atoms with Gasteiger partial charge in [0.15, 0.2) is 0 Å². The van der Waals surface area contributed by atoms with Crippen LogP contribution in [0.1, 0.15) is 54.4 Å². The highest BCUT2D eigenvalue weighted by molar-refractivity contribution is 5.59. The standard InChI is InChI=1S/C21H34N2O/c1-9-13(2)12-18-15(4)20(22)16(5)19(21(18,7)8)17(6)23-11-10-14(3)24/h12-13,23-24H,3,6,9-11,22H2,1-2,4-5,7-8H3/b18-12+. The molecule has 1 unspecified atom stereocenters. The van der Waals surface area contributed by atoms with Gasteiger partial charge in [-0.15, -0.1) is 0 Å². The van der Waals surface area contributed by atoms with Gasteiger partial charge in [-0.25, -0.2) is 0 Å². The van der Waals surface area contributed by atoms with E-state index in [2.05, 4.69) is 66.1 Å². The van der Waals surface area contributed by atoms with Gasteiger partial charge in [-0.1, -0.05) is 53.3 Å². The first-order chi connectivity index (χ1) is 11.0. The van der Waals surface area contributed by atoms with Crippen molar-refractivity contribution in [3.05, 3.63) is 58.7 Å². The van der Waals surface area contributed by atoms with Gasteiger partial charge >= 0.3 is 0 Å². The maximum absolute atomic E-state index is 9.26. The van der Waals surface area contributed by atoms with Gasteiger partial charge in [0.25, 0.3) is 0 Å². The third kappa shape index (κ3) is 4.14. The molecule has 0 aromatic rings. The zero-order chi connectivity index (χ0) is 18.7. The van der Waals surface area contributed by atoms with Crippen molar-refractivity contribution < 1.29 is 5.11 Å². The molecule has 1 aliphatic carbocycles. The molecule has 0 heterocycles. The molecule has 0 fully saturated rings. The lowest BCUT2D eigenvalue weighted by molar-refractivity contribution is 0.389. The molecular formula is C21H34N2O. The van der Waals surface area contributed by atoms with Crippen LogP contribution in [0.15, 0.2) is 58.7 Å². The number of rotatable bonds is 7. The van der Waals surface area contributed by atoms with Crippen LogP contribution in [-0.2, 0) is 0 Å². The maximum atomic E-state index is 9.26. The molecule has 0 saturated heterocycles. The zero-order valence-electron chi connectivity index (χ0n) is 16.2. The van der Waals surface area contributed by atoms with Crippen LogP contribution in [-0.4, -0.2) is 11.7 Å². The van der Waals surface area contributed by atoms with Crippen molar-refractivity contribution >= 4 is 0 Å². The van der Waals surface area contributed by atoms with Crippen LogP contribution in [0.2, 0.25) is 0 Å². The molecule has 0 spiro atoms. The monoisotopic (exact) mass is 330 g/mol. The second-order valence-corrected chi connectivity index (χ2v) is 7.35. The van der Waals surface area contributed by atoms with Crippen molar-refractivity contribution in [3.63, 3.8) is 0 Å². The van der Waals surface area contributed by atoms with Crippen LogP contribution in [0, 0.1) is 11.3 Å². The van der Waals surface area contributed by atoms with Gasteiger partial charge in [-0.3, -0.25) is 0 Å². The van der Waals surface area contributed by atoms with E-state index >= 15 is 0 Å². The van der Waals surface area contributed by atoms with Gasteiger partial charge < -0.3 is 16.2 Å². The highest BCUT2D eigenvalue weighted by Crippen LogP contribution is 2.48. The van der Waals surface area contributed by atoms with E-state index in [1.165, 1.54) is 5.57 Å². The lowest BCUT2D eigenvalue weighted by atomic mass is 9.66. The van der Waals surface area contributed by atoms with Crippen LogP contribution in [0.5, 0.6) is 0 Å². The fourth-order valence-electron chi connectivity index (χ4n) is 3.42. The van der Waals surface area contributed by atoms with E-state index in [1.54, 1.807) is 0 Å². The number of allylic oxidation sites excluding steroid dienone is 5.